The van der Waals surface area contributed by atoms with Gasteiger partial charge in [0.15, 0.2) is 0 Å². The van der Waals surface area contributed by atoms with E-state index in [0.717, 1.165) is 16.6 Å². The molecule has 12 heavy (non-hydrogen) atoms. The molecule has 1 heterocycles. The molecule has 1 aromatic carbocycles. The lowest BCUT2D eigenvalue weighted by molar-refractivity contribution is 1.12. The van der Waals surface area contributed by atoms with E-state index in [2.05, 4.69) is 17.0 Å². The van der Waals surface area contributed by atoms with Crippen LogP contribution in [-0.4, -0.2) is 16.6 Å². The first-order chi connectivity index (χ1) is 5.88. The Bertz CT molecular complexity index is 284. The lowest BCUT2D eigenvalue weighted by atomic mass is 10.3. The van der Waals surface area contributed by atoms with Crippen molar-refractivity contribution in [3.05, 3.63) is 30.3 Å². The van der Waals surface area contributed by atoms with E-state index in [0.29, 0.717) is 0 Å². The van der Waals surface area contributed by atoms with Crippen LogP contribution in [0.1, 0.15) is 0 Å². The third-order valence-corrected chi connectivity index (χ3v) is 3.26. The van der Waals surface area contributed by atoms with Crippen LogP contribution in [0, 0.1) is 0 Å². The molecule has 1 aromatic rings. The summed E-state index contributed by atoms with van der Waals surface area (Å²) in [5.74, 6) is 1.12. The molecular weight excluding hydrogens is 186 g/mol. The summed E-state index contributed by atoms with van der Waals surface area (Å²) in [6, 6.07) is 10.3. The Morgan fingerprint density at radius 3 is 2.58 bits per heavy atom. The molecule has 0 spiro atoms. The molecule has 0 N–H and O–H groups in total. The topological polar surface area (TPSA) is 3.24 Å². The highest BCUT2D eigenvalue weighted by Crippen LogP contribution is 2.24. The number of nitrogens with zero attached hydrogens (tertiary/aromatic N) is 1. The molecule has 3 heteroatoms. The number of hydrogen-bond donors (Lipinski definition) is 0. The Labute approximate surface area is 81.8 Å². The summed E-state index contributed by atoms with van der Waals surface area (Å²) >= 11 is 6.97. The Hall–Kier alpha value is -0.540. The fraction of sp³-hybridized carbons (Fsp3) is 0.222. The van der Waals surface area contributed by atoms with Crippen LogP contribution >= 0.6 is 24.0 Å². The van der Waals surface area contributed by atoms with Gasteiger partial charge in [0.05, 0.1) is 0 Å². The average molecular weight is 195 g/mol. The summed E-state index contributed by atoms with van der Waals surface area (Å²) in [5, 5.41) is 0. The maximum absolute atomic E-state index is 5.21. The van der Waals surface area contributed by atoms with Crippen molar-refractivity contribution in [3.63, 3.8) is 0 Å². The van der Waals surface area contributed by atoms with Gasteiger partial charge in [-0.05, 0) is 12.1 Å². The number of thiocarbonyl (C=S) groups is 1. The van der Waals surface area contributed by atoms with Gasteiger partial charge < -0.3 is 4.90 Å². The summed E-state index contributed by atoms with van der Waals surface area (Å²) in [5.41, 5.74) is 1.22. The standard InChI is InChI=1S/C9H9NS2/c11-9-10(6-7-12-9)8-4-2-1-3-5-8/h1-5H,6-7H2. The molecule has 1 nitrogen and oxygen atoms in total. The van der Waals surface area contributed by atoms with Crippen molar-refractivity contribution in [2.24, 2.45) is 0 Å². The van der Waals surface area contributed by atoms with Gasteiger partial charge >= 0.3 is 0 Å². The number of anilines is 1. The van der Waals surface area contributed by atoms with Crippen LogP contribution in [-0.2, 0) is 0 Å². The summed E-state index contributed by atoms with van der Waals surface area (Å²) in [7, 11) is 0. The van der Waals surface area contributed by atoms with Crippen LogP contribution in [0.3, 0.4) is 0 Å². The van der Waals surface area contributed by atoms with Gasteiger partial charge in [0, 0.05) is 18.0 Å². The predicted octanol–water partition coefficient (Wildman–Crippen LogP) is 2.52. The van der Waals surface area contributed by atoms with Crippen LogP contribution in [0.15, 0.2) is 30.3 Å². The molecular formula is C9H9NS2. The molecule has 0 radical (unpaired) electrons. The first-order valence-electron chi connectivity index (χ1n) is 3.87. The third kappa shape index (κ3) is 1.47. The molecule has 0 aromatic heterocycles. The van der Waals surface area contributed by atoms with Gasteiger partial charge in [-0.3, -0.25) is 0 Å². The Kier molecular flexibility index (Phi) is 2.33. The molecule has 0 saturated carbocycles. The van der Waals surface area contributed by atoms with Crippen LogP contribution < -0.4 is 4.90 Å². The Morgan fingerprint density at radius 2 is 2.00 bits per heavy atom. The van der Waals surface area contributed by atoms with Crippen molar-refractivity contribution in [1.29, 1.82) is 0 Å². The van der Waals surface area contributed by atoms with E-state index in [1.54, 1.807) is 11.8 Å². The van der Waals surface area contributed by atoms with Crippen molar-refractivity contribution < 1.29 is 0 Å². The first kappa shape index (κ1) is 8.08. The van der Waals surface area contributed by atoms with E-state index in [-0.39, 0.29) is 0 Å². The van der Waals surface area contributed by atoms with E-state index in [4.69, 9.17) is 12.2 Å². The Balaban J connectivity index is 2.25. The monoisotopic (exact) mass is 195 g/mol. The van der Waals surface area contributed by atoms with Crippen LogP contribution in [0.2, 0.25) is 0 Å². The van der Waals surface area contributed by atoms with Gasteiger partial charge in [-0.1, -0.05) is 42.2 Å². The lowest BCUT2D eigenvalue weighted by Gasteiger charge is -2.15. The smallest absolute Gasteiger partial charge is 0.140 e. The summed E-state index contributed by atoms with van der Waals surface area (Å²) in [6.07, 6.45) is 0. The maximum Gasteiger partial charge on any atom is 0.140 e. The van der Waals surface area contributed by atoms with Crippen LogP contribution in [0.4, 0.5) is 5.69 Å². The van der Waals surface area contributed by atoms with Crippen LogP contribution in [0.25, 0.3) is 0 Å². The fourth-order valence-corrected chi connectivity index (χ4v) is 2.48. The first-order valence-corrected chi connectivity index (χ1v) is 5.26. The normalized spacial score (nSPS) is 17.0. The largest absolute Gasteiger partial charge is 0.326 e. The second-order valence-electron chi connectivity index (χ2n) is 2.60. The van der Waals surface area contributed by atoms with Crippen molar-refractivity contribution in [2.75, 3.05) is 17.2 Å². The van der Waals surface area contributed by atoms with E-state index in [1.165, 1.54) is 5.69 Å². The molecule has 62 valence electrons. The maximum atomic E-state index is 5.21. The highest BCUT2D eigenvalue weighted by atomic mass is 32.2. The Morgan fingerprint density at radius 1 is 1.25 bits per heavy atom. The molecule has 0 unspecified atom stereocenters. The van der Waals surface area contributed by atoms with Gasteiger partial charge in [-0.15, -0.1) is 0 Å². The number of thioether (sulfide) groups is 1. The van der Waals surface area contributed by atoms with Crippen molar-refractivity contribution in [2.45, 2.75) is 0 Å². The van der Waals surface area contributed by atoms with E-state index in [1.807, 2.05) is 18.2 Å². The fourth-order valence-electron chi connectivity index (χ4n) is 1.24. The molecule has 2 rings (SSSR count). The zero-order valence-corrected chi connectivity index (χ0v) is 8.20. The second kappa shape index (κ2) is 3.46. The number of hydrogen-bond acceptors (Lipinski definition) is 2. The van der Waals surface area contributed by atoms with Crippen molar-refractivity contribution >= 4 is 34.0 Å². The highest BCUT2D eigenvalue weighted by molar-refractivity contribution is 8.23. The van der Waals surface area contributed by atoms with E-state index < -0.39 is 0 Å². The summed E-state index contributed by atoms with van der Waals surface area (Å²) in [4.78, 5) is 2.18. The molecule has 1 aliphatic rings. The number of para-hydroxylation sites is 1. The second-order valence-corrected chi connectivity index (χ2v) is 4.33. The summed E-state index contributed by atoms with van der Waals surface area (Å²) in [6.45, 7) is 1.05. The average Bonchev–Trinajstić information content (AvgIpc) is 2.53. The zero-order valence-electron chi connectivity index (χ0n) is 6.56. The molecule has 0 atom stereocenters. The van der Waals surface area contributed by atoms with E-state index >= 15 is 0 Å². The minimum Gasteiger partial charge on any atom is -0.326 e. The third-order valence-electron chi connectivity index (χ3n) is 1.83. The van der Waals surface area contributed by atoms with Gasteiger partial charge in [-0.25, -0.2) is 0 Å². The van der Waals surface area contributed by atoms with Gasteiger partial charge in [-0.2, -0.15) is 0 Å². The minimum absolute atomic E-state index is 1.00. The highest BCUT2D eigenvalue weighted by Gasteiger charge is 2.18. The molecule has 1 aliphatic heterocycles. The number of benzene rings is 1. The van der Waals surface area contributed by atoms with Crippen LogP contribution in [0.5, 0.6) is 0 Å². The van der Waals surface area contributed by atoms with Crippen molar-refractivity contribution in [3.8, 4) is 0 Å². The predicted molar refractivity (Wildman–Crippen MR) is 58.8 cm³/mol. The molecule has 0 aliphatic carbocycles. The molecule has 1 fully saturated rings. The zero-order chi connectivity index (χ0) is 8.39. The van der Waals surface area contributed by atoms with Crippen molar-refractivity contribution in [1.82, 2.24) is 0 Å². The molecule has 1 saturated heterocycles. The van der Waals surface area contributed by atoms with Gasteiger partial charge in [0.25, 0.3) is 0 Å². The SMILES string of the molecule is S=C1SCCN1c1ccccc1. The minimum atomic E-state index is 1.00. The van der Waals surface area contributed by atoms with E-state index in [9.17, 15) is 0 Å². The molecule has 0 bridgehead atoms. The lowest BCUT2D eigenvalue weighted by Crippen LogP contribution is -2.21. The molecule has 0 amide bonds. The van der Waals surface area contributed by atoms with Gasteiger partial charge in [0.2, 0.25) is 0 Å². The number of rotatable bonds is 1. The van der Waals surface area contributed by atoms with Gasteiger partial charge in [0.1, 0.15) is 4.32 Å². The quantitative estimate of drug-likeness (QED) is 0.634. The summed E-state index contributed by atoms with van der Waals surface area (Å²) < 4.78 is 1.00.